The van der Waals surface area contributed by atoms with Crippen molar-refractivity contribution >= 4 is 46.6 Å². The topological polar surface area (TPSA) is 64.7 Å². The minimum Gasteiger partial charge on any atom is -0.324 e. The van der Waals surface area contributed by atoms with Gasteiger partial charge in [-0.3, -0.25) is 9.47 Å². The summed E-state index contributed by atoms with van der Waals surface area (Å²) in [5.41, 5.74) is 0.523. The Hall–Kier alpha value is -1.96. The van der Waals surface area contributed by atoms with Crippen LogP contribution in [0.5, 0.6) is 0 Å². The molecule has 0 aliphatic heterocycles. The average molecular weight is 382 g/mol. The molecule has 0 bridgehead atoms. The second-order valence-corrected chi connectivity index (χ2v) is 6.65. The molecule has 3 rings (SSSR count). The van der Waals surface area contributed by atoms with Crippen molar-refractivity contribution in [2.75, 3.05) is 11.1 Å². The fourth-order valence-electron chi connectivity index (χ4n) is 2.06. The van der Waals surface area contributed by atoms with Crippen LogP contribution >= 0.6 is 35.0 Å². The number of nitrogens with one attached hydrogen (secondary N) is 1. The summed E-state index contributed by atoms with van der Waals surface area (Å²) in [5.74, 6) is 0.719. The molecule has 2 heterocycles. The van der Waals surface area contributed by atoms with E-state index in [1.54, 1.807) is 18.2 Å². The number of amides is 1. The Morgan fingerprint density at radius 2 is 2.00 bits per heavy atom. The Morgan fingerprint density at radius 1 is 1.25 bits per heavy atom. The quantitative estimate of drug-likeness (QED) is 0.683. The Balaban J connectivity index is 1.67. The van der Waals surface area contributed by atoms with Crippen LogP contribution in [-0.4, -0.2) is 31.2 Å². The summed E-state index contributed by atoms with van der Waals surface area (Å²) in [6.45, 7) is 1.85. The van der Waals surface area contributed by atoms with Gasteiger partial charge in [0.1, 0.15) is 0 Å². The summed E-state index contributed by atoms with van der Waals surface area (Å²) in [4.78, 5) is 12.1. The molecule has 0 unspecified atom stereocenters. The van der Waals surface area contributed by atoms with Crippen molar-refractivity contribution in [3.8, 4) is 0 Å². The number of hydrogen-bond donors (Lipinski definition) is 1. The Morgan fingerprint density at radius 3 is 2.71 bits per heavy atom. The van der Waals surface area contributed by atoms with E-state index in [1.165, 1.54) is 11.8 Å². The van der Waals surface area contributed by atoms with Gasteiger partial charge in [0.05, 0.1) is 16.5 Å². The molecular weight excluding hydrogens is 369 g/mol. The van der Waals surface area contributed by atoms with Gasteiger partial charge in [-0.05, 0) is 37.3 Å². The molecule has 0 atom stereocenters. The van der Waals surface area contributed by atoms with Gasteiger partial charge in [0.25, 0.3) is 0 Å². The van der Waals surface area contributed by atoms with Gasteiger partial charge in [-0.15, -0.1) is 10.2 Å². The van der Waals surface area contributed by atoms with Gasteiger partial charge in [0, 0.05) is 17.4 Å². The van der Waals surface area contributed by atoms with E-state index < -0.39 is 0 Å². The minimum absolute atomic E-state index is 0.179. The largest absolute Gasteiger partial charge is 0.324 e. The number of aryl methyl sites for hydroxylation is 1. The molecule has 24 heavy (non-hydrogen) atoms. The molecular formula is C15H13Cl2N5OS. The van der Waals surface area contributed by atoms with Crippen LogP contribution < -0.4 is 5.32 Å². The van der Waals surface area contributed by atoms with Crippen molar-refractivity contribution in [1.82, 2.24) is 19.5 Å². The monoisotopic (exact) mass is 381 g/mol. The van der Waals surface area contributed by atoms with E-state index in [4.69, 9.17) is 23.2 Å². The number of halogens is 2. The molecule has 0 aliphatic rings. The van der Waals surface area contributed by atoms with Crippen LogP contribution in [0.15, 0.2) is 47.9 Å². The van der Waals surface area contributed by atoms with Crippen LogP contribution in [0.25, 0.3) is 0 Å². The molecule has 1 aromatic carbocycles. The molecule has 0 saturated heterocycles. The third-order valence-corrected chi connectivity index (χ3v) is 4.59. The zero-order chi connectivity index (χ0) is 17.1. The molecule has 1 N–H and O–H groups in total. The highest BCUT2D eigenvalue weighted by molar-refractivity contribution is 7.99. The van der Waals surface area contributed by atoms with E-state index in [2.05, 4.69) is 15.5 Å². The number of aromatic nitrogens is 4. The molecule has 124 valence electrons. The summed E-state index contributed by atoms with van der Waals surface area (Å²) in [7, 11) is 0. The number of anilines is 1. The molecule has 3 aromatic rings. The van der Waals surface area contributed by atoms with Crippen LogP contribution in [0.4, 0.5) is 5.69 Å². The predicted octanol–water partition coefficient (Wildman–Crippen LogP) is 3.74. The maximum atomic E-state index is 12.1. The number of rotatable bonds is 5. The first-order valence-corrected chi connectivity index (χ1v) is 8.72. The predicted molar refractivity (Wildman–Crippen MR) is 95.8 cm³/mol. The lowest BCUT2D eigenvalue weighted by Gasteiger charge is -2.10. The van der Waals surface area contributed by atoms with E-state index in [1.807, 2.05) is 40.8 Å². The Bertz CT molecular complexity index is 863. The van der Waals surface area contributed by atoms with Crippen LogP contribution in [0.1, 0.15) is 5.82 Å². The Kier molecular flexibility index (Phi) is 5.13. The third kappa shape index (κ3) is 3.75. The second kappa shape index (κ2) is 7.29. The van der Waals surface area contributed by atoms with Gasteiger partial charge in [-0.25, -0.2) is 4.68 Å². The summed E-state index contributed by atoms with van der Waals surface area (Å²) >= 11 is 13.2. The average Bonchev–Trinajstić information content (AvgIpc) is 3.17. The van der Waals surface area contributed by atoms with Crippen molar-refractivity contribution in [3.05, 3.63) is 58.6 Å². The lowest BCUT2D eigenvalue weighted by molar-refractivity contribution is -0.113. The van der Waals surface area contributed by atoms with Crippen molar-refractivity contribution in [3.63, 3.8) is 0 Å². The first kappa shape index (κ1) is 16.9. The van der Waals surface area contributed by atoms with Crippen LogP contribution in [0.3, 0.4) is 0 Å². The summed E-state index contributed by atoms with van der Waals surface area (Å²) in [5, 5.41) is 12.5. The van der Waals surface area contributed by atoms with Crippen LogP contribution in [-0.2, 0) is 4.79 Å². The van der Waals surface area contributed by atoms with E-state index in [0.29, 0.717) is 20.9 Å². The number of nitrogens with zero attached hydrogens (tertiary/aromatic N) is 4. The number of carbonyl (C=O) groups excluding carboxylic acids is 1. The summed E-state index contributed by atoms with van der Waals surface area (Å²) in [6.07, 6.45) is 3.77. The van der Waals surface area contributed by atoms with E-state index in [9.17, 15) is 4.79 Å². The normalized spacial score (nSPS) is 10.8. The van der Waals surface area contributed by atoms with Gasteiger partial charge in [-0.2, -0.15) is 0 Å². The van der Waals surface area contributed by atoms with Crippen molar-refractivity contribution in [2.45, 2.75) is 12.1 Å². The first-order chi connectivity index (χ1) is 11.5. The van der Waals surface area contributed by atoms with E-state index in [0.717, 1.165) is 5.82 Å². The van der Waals surface area contributed by atoms with Gasteiger partial charge in [0.15, 0.2) is 5.82 Å². The van der Waals surface area contributed by atoms with Crippen molar-refractivity contribution in [1.29, 1.82) is 0 Å². The van der Waals surface area contributed by atoms with Crippen LogP contribution in [0, 0.1) is 6.92 Å². The molecule has 0 aliphatic carbocycles. The molecule has 1 amide bonds. The lowest BCUT2D eigenvalue weighted by atomic mass is 10.3. The van der Waals surface area contributed by atoms with Crippen molar-refractivity contribution in [2.24, 2.45) is 0 Å². The van der Waals surface area contributed by atoms with Gasteiger partial charge in [0.2, 0.25) is 11.1 Å². The van der Waals surface area contributed by atoms with E-state index >= 15 is 0 Å². The number of benzene rings is 1. The highest BCUT2D eigenvalue weighted by atomic mass is 35.5. The SMILES string of the molecule is Cc1nnc(SCC(=O)Nc2ccc(Cl)cc2Cl)n1-n1cccc1. The molecule has 2 aromatic heterocycles. The second-order valence-electron chi connectivity index (χ2n) is 4.87. The molecule has 0 radical (unpaired) electrons. The zero-order valence-corrected chi connectivity index (χ0v) is 14.9. The maximum absolute atomic E-state index is 12.1. The zero-order valence-electron chi connectivity index (χ0n) is 12.6. The number of thioether (sulfide) groups is 1. The lowest BCUT2D eigenvalue weighted by Crippen LogP contribution is -2.16. The van der Waals surface area contributed by atoms with Crippen molar-refractivity contribution < 1.29 is 4.79 Å². The summed E-state index contributed by atoms with van der Waals surface area (Å²) < 4.78 is 3.68. The fraction of sp³-hybridized carbons (Fsp3) is 0.133. The number of hydrogen-bond acceptors (Lipinski definition) is 4. The first-order valence-electron chi connectivity index (χ1n) is 6.98. The minimum atomic E-state index is -0.191. The molecule has 0 fully saturated rings. The fourth-order valence-corrected chi connectivity index (χ4v) is 3.30. The molecule has 0 saturated carbocycles. The van der Waals surface area contributed by atoms with Crippen LogP contribution in [0.2, 0.25) is 10.0 Å². The Labute approximate surface area is 152 Å². The molecule has 6 nitrogen and oxygen atoms in total. The highest BCUT2D eigenvalue weighted by Crippen LogP contribution is 2.26. The molecule has 9 heteroatoms. The molecule has 0 spiro atoms. The van der Waals surface area contributed by atoms with Gasteiger partial charge < -0.3 is 5.32 Å². The summed E-state index contributed by atoms with van der Waals surface area (Å²) in [6, 6.07) is 8.73. The standard InChI is InChI=1S/C15H13Cl2N5OS/c1-10-19-20-15(22(10)21-6-2-3-7-21)24-9-14(23)18-13-5-4-11(16)8-12(13)17/h2-8H,9H2,1H3,(H,18,23). The highest BCUT2D eigenvalue weighted by Gasteiger charge is 2.13. The number of carbonyl (C=O) groups is 1. The van der Waals surface area contributed by atoms with Gasteiger partial charge >= 0.3 is 0 Å². The van der Waals surface area contributed by atoms with E-state index in [-0.39, 0.29) is 11.7 Å². The van der Waals surface area contributed by atoms with Gasteiger partial charge in [-0.1, -0.05) is 35.0 Å². The third-order valence-electron chi connectivity index (χ3n) is 3.13. The maximum Gasteiger partial charge on any atom is 0.234 e. The smallest absolute Gasteiger partial charge is 0.234 e.